The van der Waals surface area contributed by atoms with Crippen molar-refractivity contribution in [2.24, 2.45) is 16.6 Å². The van der Waals surface area contributed by atoms with E-state index >= 15 is 0 Å². The highest BCUT2D eigenvalue weighted by Gasteiger charge is 2.10. The van der Waals surface area contributed by atoms with Gasteiger partial charge in [-0.2, -0.15) is 0 Å². The van der Waals surface area contributed by atoms with E-state index in [0.717, 1.165) is 25.2 Å². The van der Waals surface area contributed by atoms with Crippen molar-refractivity contribution < 1.29 is 4.79 Å². The summed E-state index contributed by atoms with van der Waals surface area (Å²) in [5, 5.41) is 3.11. The lowest BCUT2D eigenvalue weighted by molar-refractivity contribution is -0.121. The standard InChI is InChI=1S/C8H15N3O/c1-6(8(9)12)5-11-7-3-2-4-10-7/h6H,2-5H2,1H3,(H2,9,12)(H,10,11). The van der Waals surface area contributed by atoms with E-state index in [1.807, 2.05) is 6.92 Å². The zero-order valence-corrected chi connectivity index (χ0v) is 7.34. The Bertz CT molecular complexity index is 200. The summed E-state index contributed by atoms with van der Waals surface area (Å²) in [6.07, 6.45) is 2.12. The molecule has 1 heterocycles. The van der Waals surface area contributed by atoms with Gasteiger partial charge in [-0.3, -0.25) is 9.79 Å². The van der Waals surface area contributed by atoms with E-state index in [9.17, 15) is 4.79 Å². The molecular weight excluding hydrogens is 154 g/mol. The number of nitrogens with zero attached hydrogens (tertiary/aromatic N) is 1. The number of nitrogens with one attached hydrogen (secondary N) is 1. The smallest absolute Gasteiger partial charge is 0.222 e. The zero-order valence-electron chi connectivity index (χ0n) is 7.34. The summed E-state index contributed by atoms with van der Waals surface area (Å²) >= 11 is 0. The molecule has 1 aliphatic rings. The molecule has 0 saturated carbocycles. The maximum atomic E-state index is 10.6. The van der Waals surface area contributed by atoms with E-state index in [1.165, 1.54) is 0 Å². The van der Waals surface area contributed by atoms with Gasteiger partial charge in [-0.1, -0.05) is 6.92 Å². The van der Waals surface area contributed by atoms with Crippen LogP contribution in [0.15, 0.2) is 4.99 Å². The largest absolute Gasteiger partial charge is 0.373 e. The molecule has 68 valence electrons. The van der Waals surface area contributed by atoms with Gasteiger partial charge in [0.05, 0.1) is 11.8 Å². The first-order valence-electron chi connectivity index (χ1n) is 4.26. The highest BCUT2D eigenvalue weighted by molar-refractivity contribution is 5.84. The van der Waals surface area contributed by atoms with Crippen LogP contribution in [0.2, 0.25) is 0 Å². The average molecular weight is 169 g/mol. The van der Waals surface area contributed by atoms with Gasteiger partial charge in [0.15, 0.2) is 0 Å². The van der Waals surface area contributed by atoms with Crippen molar-refractivity contribution in [3.05, 3.63) is 0 Å². The molecule has 0 bridgehead atoms. The fraction of sp³-hybridized carbons (Fsp3) is 0.750. The minimum Gasteiger partial charge on any atom is -0.373 e. The Morgan fingerprint density at radius 1 is 1.83 bits per heavy atom. The van der Waals surface area contributed by atoms with Crippen LogP contribution in [0, 0.1) is 5.92 Å². The molecule has 1 rings (SSSR count). The van der Waals surface area contributed by atoms with Gasteiger partial charge < -0.3 is 11.1 Å². The topological polar surface area (TPSA) is 67.5 Å². The number of amides is 1. The van der Waals surface area contributed by atoms with Crippen LogP contribution in [0.25, 0.3) is 0 Å². The van der Waals surface area contributed by atoms with Crippen LogP contribution in [0.3, 0.4) is 0 Å². The number of hydrogen-bond acceptors (Lipinski definition) is 3. The maximum absolute atomic E-state index is 10.6. The molecule has 0 aliphatic carbocycles. The molecular formula is C8H15N3O. The van der Waals surface area contributed by atoms with Crippen molar-refractivity contribution >= 4 is 11.7 Å². The van der Waals surface area contributed by atoms with E-state index in [2.05, 4.69) is 10.3 Å². The molecule has 0 radical (unpaired) electrons. The third kappa shape index (κ3) is 2.53. The van der Waals surface area contributed by atoms with Gasteiger partial charge in [-0.05, 0) is 6.42 Å². The van der Waals surface area contributed by atoms with Crippen molar-refractivity contribution in [2.75, 3.05) is 13.1 Å². The molecule has 1 atom stereocenters. The normalized spacial score (nSPS) is 18.6. The van der Waals surface area contributed by atoms with Crippen molar-refractivity contribution in [1.29, 1.82) is 0 Å². The summed E-state index contributed by atoms with van der Waals surface area (Å²) in [6, 6.07) is 0. The molecule has 4 heteroatoms. The summed E-state index contributed by atoms with van der Waals surface area (Å²) in [5.41, 5.74) is 5.10. The third-order valence-corrected chi connectivity index (χ3v) is 1.97. The minimum atomic E-state index is -0.263. The van der Waals surface area contributed by atoms with Crippen LogP contribution in [0.1, 0.15) is 19.8 Å². The minimum absolute atomic E-state index is 0.117. The van der Waals surface area contributed by atoms with Crippen LogP contribution in [-0.4, -0.2) is 24.8 Å². The average Bonchev–Trinajstić information content (AvgIpc) is 2.51. The molecule has 12 heavy (non-hydrogen) atoms. The predicted octanol–water partition coefficient (Wildman–Crippen LogP) is -0.110. The van der Waals surface area contributed by atoms with Crippen molar-refractivity contribution in [3.63, 3.8) is 0 Å². The lowest BCUT2D eigenvalue weighted by Crippen LogP contribution is -2.33. The van der Waals surface area contributed by atoms with Gasteiger partial charge >= 0.3 is 0 Å². The Kier molecular flexibility index (Phi) is 3.08. The number of carbonyl (C=O) groups excluding carboxylic acids is 1. The Labute approximate surface area is 72.2 Å². The predicted molar refractivity (Wildman–Crippen MR) is 47.9 cm³/mol. The first-order valence-corrected chi connectivity index (χ1v) is 4.26. The van der Waals surface area contributed by atoms with Gasteiger partial charge in [0.25, 0.3) is 0 Å². The summed E-state index contributed by atoms with van der Waals surface area (Å²) in [7, 11) is 0. The lowest BCUT2D eigenvalue weighted by Gasteiger charge is -2.09. The van der Waals surface area contributed by atoms with Crippen LogP contribution in [-0.2, 0) is 4.79 Å². The van der Waals surface area contributed by atoms with E-state index in [-0.39, 0.29) is 11.8 Å². The van der Waals surface area contributed by atoms with Gasteiger partial charge in [0.1, 0.15) is 0 Å². The molecule has 1 amide bonds. The summed E-state index contributed by atoms with van der Waals surface area (Å²) < 4.78 is 0. The molecule has 1 unspecified atom stereocenters. The SMILES string of the molecule is CC(CNC1=NCCC1)C(N)=O. The van der Waals surface area contributed by atoms with E-state index in [4.69, 9.17) is 5.73 Å². The molecule has 0 fully saturated rings. The second-order valence-electron chi connectivity index (χ2n) is 3.12. The molecule has 0 aromatic heterocycles. The van der Waals surface area contributed by atoms with Gasteiger partial charge in [0.2, 0.25) is 5.91 Å². The number of amidine groups is 1. The number of nitrogens with two attached hydrogens (primary N) is 1. The van der Waals surface area contributed by atoms with Crippen LogP contribution in [0.5, 0.6) is 0 Å². The second kappa shape index (κ2) is 4.09. The first-order chi connectivity index (χ1) is 5.70. The highest BCUT2D eigenvalue weighted by atomic mass is 16.1. The van der Waals surface area contributed by atoms with Gasteiger partial charge in [-0.25, -0.2) is 0 Å². The number of rotatable bonds is 3. The fourth-order valence-corrected chi connectivity index (χ4v) is 1.06. The Balaban J connectivity index is 2.20. The van der Waals surface area contributed by atoms with E-state index in [0.29, 0.717) is 6.54 Å². The summed E-state index contributed by atoms with van der Waals surface area (Å²) in [6.45, 7) is 3.33. The zero-order chi connectivity index (χ0) is 8.97. The second-order valence-corrected chi connectivity index (χ2v) is 3.12. The molecule has 3 N–H and O–H groups in total. The number of carbonyl (C=O) groups is 1. The molecule has 0 aromatic rings. The molecule has 0 spiro atoms. The Morgan fingerprint density at radius 2 is 2.58 bits per heavy atom. The highest BCUT2D eigenvalue weighted by Crippen LogP contribution is 2.01. The van der Waals surface area contributed by atoms with Crippen LogP contribution in [0.4, 0.5) is 0 Å². The van der Waals surface area contributed by atoms with E-state index in [1.54, 1.807) is 0 Å². The third-order valence-electron chi connectivity index (χ3n) is 1.97. The van der Waals surface area contributed by atoms with Gasteiger partial charge in [-0.15, -0.1) is 0 Å². The maximum Gasteiger partial charge on any atom is 0.222 e. The molecule has 1 aliphatic heterocycles. The van der Waals surface area contributed by atoms with Crippen molar-refractivity contribution in [2.45, 2.75) is 19.8 Å². The lowest BCUT2D eigenvalue weighted by atomic mass is 10.1. The number of aliphatic imine (C=N–C) groups is 1. The van der Waals surface area contributed by atoms with Crippen molar-refractivity contribution in [1.82, 2.24) is 5.32 Å². The molecule has 4 nitrogen and oxygen atoms in total. The quantitative estimate of drug-likeness (QED) is 0.619. The summed E-state index contributed by atoms with van der Waals surface area (Å²) in [5.74, 6) is 0.637. The number of hydrogen-bond donors (Lipinski definition) is 2. The monoisotopic (exact) mass is 169 g/mol. The van der Waals surface area contributed by atoms with Crippen LogP contribution < -0.4 is 11.1 Å². The Hall–Kier alpha value is -1.06. The van der Waals surface area contributed by atoms with Crippen LogP contribution >= 0.6 is 0 Å². The van der Waals surface area contributed by atoms with E-state index < -0.39 is 0 Å². The summed E-state index contributed by atoms with van der Waals surface area (Å²) in [4.78, 5) is 14.9. The first kappa shape index (κ1) is 9.03. The molecule has 0 saturated heterocycles. The van der Waals surface area contributed by atoms with Crippen molar-refractivity contribution in [3.8, 4) is 0 Å². The Morgan fingerprint density at radius 3 is 3.08 bits per heavy atom. The number of primary amides is 1. The van der Waals surface area contributed by atoms with Gasteiger partial charge in [0, 0.05) is 19.5 Å². The molecule has 0 aromatic carbocycles. The fourth-order valence-electron chi connectivity index (χ4n) is 1.06.